The normalized spacial score (nSPS) is 19.4. The molecule has 3 heterocycles. The van der Waals surface area contributed by atoms with Crippen molar-refractivity contribution in [3.05, 3.63) is 41.2 Å². The van der Waals surface area contributed by atoms with Gasteiger partial charge in [-0.25, -0.2) is 9.97 Å². The van der Waals surface area contributed by atoms with Gasteiger partial charge >= 0.3 is 0 Å². The number of aryl methyl sites for hydroxylation is 1. The van der Waals surface area contributed by atoms with Gasteiger partial charge in [0.25, 0.3) is 0 Å². The van der Waals surface area contributed by atoms with E-state index < -0.39 is 0 Å². The van der Waals surface area contributed by atoms with E-state index in [9.17, 15) is 0 Å². The number of hydrogen-bond acceptors (Lipinski definition) is 4. The van der Waals surface area contributed by atoms with Gasteiger partial charge in [0.1, 0.15) is 5.82 Å². The summed E-state index contributed by atoms with van der Waals surface area (Å²) in [7, 11) is 0. The van der Waals surface area contributed by atoms with E-state index in [-0.39, 0.29) is 0 Å². The maximum atomic E-state index is 4.95. The average Bonchev–Trinajstić information content (AvgIpc) is 3.09. The molecular weight excluding hydrogens is 298 g/mol. The van der Waals surface area contributed by atoms with Crippen molar-refractivity contribution in [3.8, 4) is 0 Å². The van der Waals surface area contributed by atoms with Gasteiger partial charge in [0, 0.05) is 62.2 Å². The fraction of sp³-hybridized carbons (Fsp3) is 0.632. The SMILES string of the molecule is CCn1nccc1CN1CCc2nc(C3CCCCC3)ncc2C1. The largest absolute Gasteiger partial charge is 0.293 e. The molecule has 5 nitrogen and oxygen atoms in total. The quantitative estimate of drug-likeness (QED) is 0.865. The molecule has 0 amide bonds. The first-order chi connectivity index (χ1) is 11.8. The zero-order valence-electron chi connectivity index (χ0n) is 14.6. The number of nitrogens with zero attached hydrogens (tertiary/aromatic N) is 5. The van der Waals surface area contributed by atoms with Gasteiger partial charge in [-0.1, -0.05) is 19.3 Å². The van der Waals surface area contributed by atoms with Gasteiger partial charge in [-0.05, 0) is 25.8 Å². The first-order valence-corrected chi connectivity index (χ1v) is 9.41. The number of aromatic nitrogens is 4. The van der Waals surface area contributed by atoms with Gasteiger partial charge in [0.15, 0.2) is 0 Å². The Kier molecular flexibility index (Phi) is 4.60. The highest BCUT2D eigenvalue weighted by atomic mass is 15.3. The molecule has 1 aliphatic heterocycles. The molecule has 1 fully saturated rings. The molecule has 4 rings (SSSR count). The maximum Gasteiger partial charge on any atom is 0.131 e. The van der Waals surface area contributed by atoms with Crippen LogP contribution in [0.2, 0.25) is 0 Å². The Morgan fingerprint density at radius 2 is 2.08 bits per heavy atom. The van der Waals surface area contributed by atoms with Gasteiger partial charge in [-0.2, -0.15) is 5.10 Å². The van der Waals surface area contributed by atoms with Crippen molar-refractivity contribution in [1.82, 2.24) is 24.6 Å². The van der Waals surface area contributed by atoms with Crippen LogP contribution in [0.15, 0.2) is 18.5 Å². The number of hydrogen-bond donors (Lipinski definition) is 0. The Bertz CT molecular complexity index is 687. The summed E-state index contributed by atoms with van der Waals surface area (Å²) in [5.41, 5.74) is 3.88. The molecule has 0 aromatic carbocycles. The van der Waals surface area contributed by atoms with Gasteiger partial charge in [0.2, 0.25) is 0 Å². The number of rotatable bonds is 4. The van der Waals surface area contributed by atoms with Crippen molar-refractivity contribution in [1.29, 1.82) is 0 Å². The molecule has 1 saturated carbocycles. The second-order valence-electron chi connectivity index (χ2n) is 7.13. The van der Waals surface area contributed by atoms with E-state index in [0.717, 1.165) is 38.4 Å². The fourth-order valence-corrected chi connectivity index (χ4v) is 4.09. The predicted molar refractivity (Wildman–Crippen MR) is 93.6 cm³/mol. The smallest absolute Gasteiger partial charge is 0.131 e. The van der Waals surface area contributed by atoms with Crippen LogP contribution in [-0.4, -0.2) is 31.2 Å². The Hall–Kier alpha value is -1.75. The molecule has 5 heteroatoms. The summed E-state index contributed by atoms with van der Waals surface area (Å²) in [5, 5.41) is 4.37. The molecule has 0 N–H and O–H groups in total. The van der Waals surface area contributed by atoms with Gasteiger partial charge in [0.05, 0.1) is 5.69 Å². The van der Waals surface area contributed by atoms with E-state index in [0.29, 0.717) is 5.92 Å². The van der Waals surface area contributed by atoms with Crippen LogP contribution in [0, 0.1) is 0 Å². The molecule has 0 atom stereocenters. The van der Waals surface area contributed by atoms with Crippen LogP contribution in [0.3, 0.4) is 0 Å². The van der Waals surface area contributed by atoms with E-state index in [4.69, 9.17) is 9.97 Å². The van der Waals surface area contributed by atoms with E-state index in [1.165, 1.54) is 49.1 Å². The van der Waals surface area contributed by atoms with Crippen LogP contribution in [0.4, 0.5) is 0 Å². The van der Waals surface area contributed by atoms with E-state index >= 15 is 0 Å². The Morgan fingerprint density at radius 3 is 2.92 bits per heavy atom. The minimum Gasteiger partial charge on any atom is -0.293 e. The summed E-state index contributed by atoms with van der Waals surface area (Å²) in [6.45, 7) is 6.05. The molecule has 2 aliphatic rings. The van der Waals surface area contributed by atoms with Gasteiger partial charge in [-0.15, -0.1) is 0 Å². The summed E-state index contributed by atoms with van der Waals surface area (Å²) < 4.78 is 2.08. The van der Waals surface area contributed by atoms with Gasteiger partial charge < -0.3 is 0 Å². The van der Waals surface area contributed by atoms with E-state index in [1.807, 2.05) is 6.20 Å². The lowest BCUT2D eigenvalue weighted by Gasteiger charge is -2.29. The van der Waals surface area contributed by atoms with Crippen LogP contribution in [0.5, 0.6) is 0 Å². The van der Waals surface area contributed by atoms with Crippen molar-refractivity contribution < 1.29 is 0 Å². The van der Waals surface area contributed by atoms with Crippen molar-refractivity contribution in [2.24, 2.45) is 0 Å². The number of fused-ring (bicyclic) bond motifs is 1. The second-order valence-corrected chi connectivity index (χ2v) is 7.13. The summed E-state index contributed by atoms with van der Waals surface area (Å²) in [6.07, 6.45) is 11.6. The van der Waals surface area contributed by atoms with Crippen molar-refractivity contribution in [3.63, 3.8) is 0 Å². The molecule has 2 aromatic heterocycles. The minimum atomic E-state index is 0.598. The maximum absolute atomic E-state index is 4.95. The summed E-state index contributed by atoms with van der Waals surface area (Å²) in [4.78, 5) is 12.2. The van der Waals surface area contributed by atoms with Crippen LogP contribution in [0.1, 0.15) is 67.7 Å². The lowest BCUT2D eigenvalue weighted by atomic mass is 9.88. The molecular formula is C19H27N5. The molecule has 24 heavy (non-hydrogen) atoms. The van der Waals surface area contributed by atoms with Crippen molar-refractivity contribution >= 4 is 0 Å². The highest BCUT2D eigenvalue weighted by molar-refractivity contribution is 5.22. The van der Waals surface area contributed by atoms with Gasteiger partial charge in [-0.3, -0.25) is 9.58 Å². The molecule has 0 bridgehead atoms. The van der Waals surface area contributed by atoms with Crippen LogP contribution in [-0.2, 0) is 26.1 Å². The van der Waals surface area contributed by atoms with Crippen molar-refractivity contribution in [2.75, 3.05) is 6.54 Å². The second kappa shape index (κ2) is 7.01. The molecule has 128 valence electrons. The third-order valence-corrected chi connectivity index (χ3v) is 5.49. The van der Waals surface area contributed by atoms with Crippen LogP contribution in [0.25, 0.3) is 0 Å². The summed E-state index contributed by atoms with van der Waals surface area (Å²) in [6, 6.07) is 2.13. The third-order valence-electron chi connectivity index (χ3n) is 5.49. The van der Waals surface area contributed by atoms with Crippen LogP contribution >= 0.6 is 0 Å². The van der Waals surface area contributed by atoms with Crippen LogP contribution < -0.4 is 0 Å². The molecule has 0 unspecified atom stereocenters. The third kappa shape index (κ3) is 3.22. The fourth-order valence-electron chi connectivity index (χ4n) is 4.09. The van der Waals surface area contributed by atoms with E-state index in [1.54, 1.807) is 0 Å². The molecule has 2 aromatic rings. The zero-order valence-corrected chi connectivity index (χ0v) is 14.6. The Labute approximate surface area is 144 Å². The highest BCUT2D eigenvalue weighted by Crippen LogP contribution is 2.31. The van der Waals surface area contributed by atoms with E-state index in [2.05, 4.69) is 33.9 Å². The molecule has 0 spiro atoms. The first kappa shape index (κ1) is 15.8. The Balaban J connectivity index is 1.45. The molecule has 0 saturated heterocycles. The minimum absolute atomic E-state index is 0.598. The molecule has 1 aliphatic carbocycles. The zero-order chi connectivity index (χ0) is 16.4. The first-order valence-electron chi connectivity index (χ1n) is 9.41. The monoisotopic (exact) mass is 325 g/mol. The topological polar surface area (TPSA) is 46.8 Å². The lowest BCUT2D eigenvalue weighted by Crippen LogP contribution is -2.32. The van der Waals surface area contributed by atoms with Crippen molar-refractivity contribution in [2.45, 2.75) is 71.0 Å². The Morgan fingerprint density at radius 1 is 1.21 bits per heavy atom. The summed E-state index contributed by atoms with van der Waals surface area (Å²) in [5.74, 6) is 1.70. The lowest BCUT2D eigenvalue weighted by molar-refractivity contribution is 0.235. The highest BCUT2D eigenvalue weighted by Gasteiger charge is 2.23. The average molecular weight is 325 g/mol. The molecule has 0 radical (unpaired) electrons. The summed E-state index contributed by atoms with van der Waals surface area (Å²) >= 11 is 0. The standard InChI is InChI=1S/C19H27N5/c1-2-24-17(8-10-21-24)14-23-11-9-18-16(13-23)12-20-19(22-18)15-6-4-3-5-7-15/h8,10,12,15H,2-7,9,11,13-14H2,1H3. The predicted octanol–water partition coefficient (Wildman–Crippen LogP) is 3.30.